The Bertz CT molecular complexity index is 595. The Kier molecular flexibility index (Phi) is 5.75. The maximum Gasteiger partial charge on any atom is 0.306 e. The highest BCUT2D eigenvalue weighted by Crippen LogP contribution is 2.24. The summed E-state index contributed by atoms with van der Waals surface area (Å²) in [7, 11) is 0. The summed E-state index contributed by atoms with van der Waals surface area (Å²) < 4.78 is 4.92. The fourth-order valence-electron chi connectivity index (χ4n) is 2.01. The Balaban J connectivity index is 1.95. The molecule has 4 nitrogen and oxygen atoms in total. The van der Waals surface area contributed by atoms with E-state index >= 15 is 0 Å². The molecular formula is C16H20N2O2S. The molecule has 2 rings (SSSR count). The molecule has 1 N–H and O–H groups in total. The van der Waals surface area contributed by atoms with Gasteiger partial charge in [-0.2, -0.15) is 0 Å². The van der Waals surface area contributed by atoms with Gasteiger partial charge in [-0.05, 0) is 25.0 Å². The van der Waals surface area contributed by atoms with E-state index in [-0.39, 0.29) is 5.97 Å². The Labute approximate surface area is 129 Å². The van der Waals surface area contributed by atoms with Crippen LogP contribution in [0.2, 0.25) is 0 Å². The second-order valence-electron chi connectivity index (χ2n) is 4.58. The molecule has 0 bridgehead atoms. The smallest absolute Gasteiger partial charge is 0.306 e. The van der Waals surface area contributed by atoms with E-state index in [9.17, 15) is 4.79 Å². The lowest BCUT2D eigenvalue weighted by atomic mass is 10.1. The molecule has 0 aliphatic rings. The van der Waals surface area contributed by atoms with E-state index in [1.165, 1.54) is 5.56 Å². The van der Waals surface area contributed by atoms with Gasteiger partial charge in [-0.25, -0.2) is 4.98 Å². The zero-order valence-electron chi connectivity index (χ0n) is 12.4. The van der Waals surface area contributed by atoms with E-state index in [2.05, 4.69) is 29.4 Å². The monoisotopic (exact) mass is 304 g/mol. The number of rotatable bonds is 7. The van der Waals surface area contributed by atoms with Crippen molar-refractivity contribution < 1.29 is 9.53 Å². The molecule has 0 aliphatic carbocycles. The second kappa shape index (κ2) is 7.78. The number of benzene rings is 1. The van der Waals surface area contributed by atoms with Gasteiger partial charge in [-0.1, -0.05) is 25.1 Å². The van der Waals surface area contributed by atoms with Crippen LogP contribution in [-0.2, 0) is 22.4 Å². The summed E-state index contributed by atoms with van der Waals surface area (Å²) in [6, 6.07) is 8.21. The topological polar surface area (TPSA) is 51.2 Å². The number of carbonyl (C=O) groups excluding carboxylic acids is 1. The zero-order valence-corrected chi connectivity index (χ0v) is 13.2. The lowest BCUT2D eigenvalue weighted by Crippen LogP contribution is -2.05. The molecule has 0 amide bonds. The molecule has 0 unspecified atom stereocenters. The van der Waals surface area contributed by atoms with Crippen molar-refractivity contribution in [1.29, 1.82) is 0 Å². The standard InChI is InChI=1S/C16H20N2O2S/c1-3-12-7-5-6-8-14(12)18-16-17-13(11-21-16)9-10-15(19)20-4-2/h5-8,11H,3-4,9-10H2,1-2H3,(H,17,18). The third-order valence-electron chi connectivity index (χ3n) is 3.08. The van der Waals surface area contributed by atoms with Crippen molar-refractivity contribution in [2.24, 2.45) is 0 Å². The predicted molar refractivity (Wildman–Crippen MR) is 86.2 cm³/mol. The highest BCUT2D eigenvalue weighted by atomic mass is 32.1. The van der Waals surface area contributed by atoms with E-state index in [4.69, 9.17) is 4.74 Å². The minimum absolute atomic E-state index is 0.170. The van der Waals surface area contributed by atoms with Gasteiger partial charge in [0, 0.05) is 17.5 Å². The minimum Gasteiger partial charge on any atom is -0.466 e. The van der Waals surface area contributed by atoms with Crippen LogP contribution in [0.25, 0.3) is 0 Å². The summed E-state index contributed by atoms with van der Waals surface area (Å²) >= 11 is 1.55. The first-order valence-corrected chi connectivity index (χ1v) is 8.05. The Morgan fingerprint density at radius 2 is 2.14 bits per heavy atom. The summed E-state index contributed by atoms with van der Waals surface area (Å²) in [5.74, 6) is -0.170. The van der Waals surface area contributed by atoms with Crippen LogP contribution < -0.4 is 5.32 Å². The number of aromatic nitrogens is 1. The Hall–Kier alpha value is -1.88. The number of aryl methyl sites for hydroxylation is 2. The third-order valence-corrected chi connectivity index (χ3v) is 3.89. The average Bonchev–Trinajstić information content (AvgIpc) is 2.94. The summed E-state index contributed by atoms with van der Waals surface area (Å²) in [4.78, 5) is 15.8. The van der Waals surface area contributed by atoms with E-state index < -0.39 is 0 Å². The first kappa shape index (κ1) is 15.5. The van der Waals surface area contributed by atoms with Gasteiger partial charge >= 0.3 is 5.97 Å². The molecule has 0 radical (unpaired) electrons. The number of hydrogen-bond donors (Lipinski definition) is 1. The fraction of sp³-hybridized carbons (Fsp3) is 0.375. The predicted octanol–water partition coefficient (Wildman–Crippen LogP) is 3.94. The second-order valence-corrected chi connectivity index (χ2v) is 5.44. The SMILES string of the molecule is CCOC(=O)CCc1csc(Nc2ccccc2CC)n1. The van der Waals surface area contributed by atoms with Gasteiger partial charge in [-0.15, -0.1) is 11.3 Å². The van der Waals surface area contributed by atoms with Gasteiger partial charge in [0.25, 0.3) is 0 Å². The number of para-hydroxylation sites is 1. The Morgan fingerprint density at radius 3 is 2.90 bits per heavy atom. The summed E-state index contributed by atoms with van der Waals surface area (Å²) in [6.45, 7) is 4.37. The van der Waals surface area contributed by atoms with E-state index in [1.54, 1.807) is 11.3 Å². The normalized spacial score (nSPS) is 10.4. The van der Waals surface area contributed by atoms with Crippen molar-refractivity contribution in [2.75, 3.05) is 11.9 Å². The first-order chi connectivity index (χ1) is 10.2. The van der Waals surface area contributed by atoms with Crippen molar-refractivity contribution in [2.45, 2.75) is 33.1 Å². The van der Waals surface area contributed by atoms with Gasteiger partial charge in [-0.3, -0.25) is 4.79 Å². The first-order valence-electron chi connectivity index (χ1n) is 7.17. The molecule has 0 saturated heterocycles. The molecule has 0 saturated carbocycles. The fourth-order valence-corrected chi connectivity index (χ4v) is 2.77. The van der Waals surface area contributed by atoms with Crippen molar-refractivity contribution in [3.63, 3.8) is 0 Å². The van der Waals surface area contributed by atoms with Gasteiger partial charge in [0.1, 0.15) is 0 Å². The van der Waals surface area contributed by atoms with E-state index in [0.29, 0.717) is 19.4 Å². The Morgan fingerprint density at radius 1 is 1.33 bits per heavy atom. The minimum atomic E-state index is -0.170. The molecule has 0 fully saturated rings. The number of thiazole rings is 1. The third kappa shape index (κ3) is 4.56. The lowest BCUT2D eigenvalue weighted by molar-refractivity contribution is -0.143. The van der Waals surface area contributed by atoms with Crippen LogP contribution >= 0.6 is 11.3 Å². The zero-order chi connectivity index (χ0) is 15.1. The molecule has 2 aromatic rings. The number of esters is 1. The molecule has 5 heteroatoms. The summed E-state index contributed by atoms with van der Waals surface area (Å²) in [5.41, 5.74) is 3.27. The number of hydrogen-bond acceptors (Lipinski definition) is 5. The molecular weight excluding hydrogens is 284 g/mol. The highest BCUT2D eigenvalue weighted by Gasteiger charge is 2.07. The lowest BCUT2D eigenvalue weighted by Gasteiger charge is -2.07. The van der Waals surface area contributed by atoms with Crippen LogP contribution in [0.1, 0.15) is 31.5 Å². The van der Waals surface area contributed by atoms with Crippen LogP contribution in [0.3, 0.4) is 0 Å². The number of nitrogens with zero attached hydrogens (tertiary/aromatic N) is 1. The van der Waals surface area contributed by atoms with Crippen molar-refractivity contribution in [3.8, 4) is 0 Å². The number of carbonyl (C=O) groups is 1. The largest absolute Gasteiger partial charge is 0.466 e. The summed E-state index contributed by atoms with van der Waals surface area (Å²) in [5, 5.41) is 6.19. The van der Waals surface area contributed by atoms with Crippen molar-refractivity contribution >= 4 is 28.1 Å². The van der Waals surface area contributed by atoms with Crippen molar-refractivity contribution in [3.05, 3.63) is 40.9 Å². The van der Waals surface area contributed by atoms with Crippen LogP contribution in [0.15, 0.2) is 29.6 Å². The number of anilines is 2. The molecule has 0 aliphatic heterocycles. The van der Waals surface area contributed by atoms with Gasteiger partial charge in [0.05, 0.1) is 18.7 Å². The van der Waals surface area contributed by atoms with Crippen LogP contribution in [0.4, 0.5) is 10.8 Å². The molecule has 0 spiro atoms. The van der Waals surface area contributed by atoms with E-state index in [0.717, 1.165) is 22.9 Å². The van der Waals surface area contributed by atoms with Crippen LogP contribution in [0, 0.1) is 0 Å². The maximum absolute atomic E-state index is 11.3. The molecule has 1 aromatic heterocycles. The van der Waals surface area contributed by atoms with Crippen molar-refractivity contribution in [1.82, 2.24) is 4.98 Å². The van der Waals surface area contributed by atoms with Crippen LogP contribution in [-0.4, -0.2) is 17.6 Å². The maximum atomic E-state index is 11.3. The highest BCUT2D eigenvalue weighted by molar-refractivity contribution is 7.13. The molecule has 0 atom stereocenters. The molecule has 21 heavy (non-hydrogen) atoms. The van der Waals surface area contributed by atoms with E-state index in [1.807, 2.05) is 24.4 Å². The summed E-state index contributed by atoms with van der Waals surface area (Å²) in [6.07, 6.45) is 1.97. The van der Waals surface area contributed by atoms with Gasteiger partial charge in [0.15, 0.2) is 5.13 Å². The average molecular weight is 304 g/mol. The molecule has 1 aromatic carbocycles. The quantitative estimate of drug-likeness (QED) is 0.787. The van der Waals surface area contributed by atoms with Gasteiger partial charge < -0.3 is 10.1 Å². The number of nitrogens with one attached hydrogen (secondary N) is 1. The molecule has 112 valence electrons. The molecule has 1 heterocycles. The van der Waals surface area contributed by atoms with Crippen LogP contribution in [0.5, 0.6) is 0 Å². The number of ether oxygens (including phenoxy) is 1. The van der Waals surface area contributed by atoms with Gasteiger partial charge in [0.2, 0.25) is 0 Å².